The van der Waals surface area contributed by atoms with Crippen LogP contribution in [0.1, 0.15) is 33.1 Å². The third-order valence-corrected chi connectivity index (χ3v) is 2.69. The molecule has 0 saturated heterocycles. The van der Waals surface area contributed by atoms with Gasteiger partial charge in [-0.3, -0.25) is 9.59 Å². The highest BCUT2D eigenvalue weighted by Crippen LogP contribution is 2.19. The minimum atomic E-state index is -4.47. The third-order valence-electron chi connectivity index (χ3n) is 2.69. The molecule has 0 aliphatic heterocycles. The average molecular weight is 313 g/mol. The standard InChI is InChI=1S/C13H22F3NO4/c1-3-21-6-4-5-17(9-13(14,15)16)11(18)7-10(2)8-12(19)20/h10H,3-9H2,1-2H3,(H,19,20). The van der Waals surface area contributed by atoms with Gasteiger partial charge in [-0.25, -0.2) is 0 Å². The molecular formula is C13H22F3NO4. The summed E-state index contributed by atoms with van der Waals surface area (Å²) in [6.45, 7) is 2.66. The van der Waals surface area contributed by atoms with E-state index in [2.05, 4.69) is 0 Å². The topological polar surface area (TPSA) is 66.8 Å². The number of hydrogen-bond donors (Lipinski definition) is 1. The lowest BCUT2D eigenvalue weighted by atomic mass is 10.0. The minimum absolute atomic E-state index is 0.0574. The third kappa shape index (κ3) is 11.1. The molecule has 0 spiro atoms. The summed E-state index contributed by atoms with van der Waals surface area (Å²) in [7, 11) is 0. The molecule has 0 aliphatic rings. The van der Waals surface area contributed by atoms with Crippen LogP contribution in [0.2, 0.25) is 0 Å². The van der Waals surface area contributed by atoms with Gasteiger partial charge in [0.25, 0.3) is 0 Å². The molecule has 21 heavy (non-hydrogen) atoms. The van der Waals surface area contributed by atoms with Gasteiger partial charge in [0.15, 0.2) is 0 Å². The Morgan fingerprint density at radius 2 is 1.90 bits per heavy atom. The fourth-order valence-electron chi connectivity index (χ4n) is 1.81. The van der Waals surface area contributed by atoms with Crippen LogP contribution < -0.4 is 0 Å². The molecule has 1 N–H and O–H groups in total. The number of aliphatic carboxylic acids is 1. The predicted molar refractivity (Wildman–Crippen MR) is 69.8 cm³/mol. The summed E-state index contributed by atoms with van der Waals surface area (Å²) in [6, 6.07) is 0. The zero-order chi connectivity index (χ0) is 16.5. The molecular weight excluding hydrogens is 291 g/mol. The van der Waals surface area contributed by atoms with Crippen LogP contribution >= 0.6 is 0 Å². The summed E-state index contributed by atoms with van der Waals surface area (Å²) in [5, 5.41) is 8.60. The lowest BCUT2D eigenvalue weighted by molar-refractivity contribution is -0.162. The van der Waals surface area contributed by atoms with E-state index in [1.165, 1.54) is 6.92 Å². The molecule has 124 valence electrons. The van der Waals surface area contributed by atoms with Crippen molar-refractivity contribution in [3.63, 3.8) is 0 Å². The number of nitrogens with zero attached hydrogens (tertiary/aromatic N) is 1. The zero-order valence-corrected chi connectivity index (χ0v) is 12.3. The number of carbonyl (C=O) groups is 2. The van der Waals surface area contributed by atoms with E-state index in [4.69, 9.17) is 9.84 Å². The molecule has 0 rings (SSSR count). The maximum atomic E-state index is 12.5. The van der Waals surface area contributed by atoms with Crippen LogP contribution in [0, 0.1) is 5.92 Å². The van der Waals surface area contributed by atoms with Gasteiger partial charge in [0.2, 0.25) is 5.91 Å². The molecule has 0 radical (unpaired) electrons. The molecule has 1 atom stereocenters. The summed E-state index contributed by atoms with van der Waals surface area (Å²) in [5.41, 5.74) is 0. The van der Waals surface area contributed by atoms with Gasteiger partial charge >= 0.3 is 12.1 Å². The van der Waals surface area contributed by atoms with Crippen molar-refractivity contribution >= 4 is 11.9 Å². The van der Waals surface area contributed by atoms with Gasteiger partial charge in [-0.2, -0.15) is 13.2 Å². The van der Waals surface area contributed by atoms with E-state index in [1.807, 2.05) is 0 Å². The molecule has 0 aromatic carbocycles. The van der Waals surface area contributed by atoms with Crippen molar-refractivity contribution < 1.29 is 32.6 Å². The summed E-state index contributed by atoms with van der Waals surface area (Å²) < 4.78 is 42.4. The molecule has 0 heterocycles. The van der Waals surface area contributed by atoms with Crippen LogP contribution in [0.4, 0.5) is 13.2 Å². The molecule has 1 unspecified atom stereocenters. The second-order valence-corrected chi connectivity index (χ2v) is 4.89. The number of carboxylic acid groups (broad SMARTS) is 1. The number of rotatable bonds is 10. The molecule has 0 aliphatic carbocycles. The molecule has 0 aromatic heterocycles. The van der Waals surface area contributed by atoms with Gasteiger partial charge < -0.3 is 14.7 Å². The Balaban J connectivity index is 4.47. The molecule has 8 heteroatoms. The van der Waals surface area contributed by atoms with Crippen LogP contribution in [-0.4, -0.2) is 54.4 Å². The van der Waals surface area contributed by atoms with Crippen molar-refractivity contribution in [2.24, 2.45) is 5.92 Å². The summed E-state index contributed by atoms with van der Waals surface area (Å²) in [6.07, 6.45) is -4.62. The first kappa shape index (κ1) is 19.7. The van der Waals surface area contributed by atoms with Crippen LogP contribution in [0.3, 0.4) is 0 Å². The van der Waals surface area contributed by atoms with Crippen molar-refractivity contribution in [2.75, 3.05) is 26.3 Å². The molecule has 0 fully saturated rings. The minimum Gasteiger partial charge on any atom is -0.481 e. The van der Waals surface area contributed by atoms with Gasteiger partial charge in [0.05, 0.1) is 0 Å². The first-order valence-electron chi connectivity index (χ1n) is 6.79. The Morgan fingerprint density at radius 3 is 2.38 bits per heavy atom. The normalized spacial score (nSPS) is 13.0. The van der Waals surface area contributed by atoms with Crippen LogP contribution in [-0.2, 0) is 14.3 Å². The second kappa shape index (κ2) is 9.59. The Labute approximate surface area is 122 Å². The van der Waals surface area contributed by atoms with Crippen molar-refractivity contribution in [1.29, 1.82) is 0 Å². The van der Waals surface area contributed by atoms with Crippen LogP contribution in [0.15, 0.2) is 0 Å². The Hall–Kier alpha value is -1.31. The SMILES string of the molecule is CCOCCCN(CC(F)(F)F)C(=O)CC(C)CC(=O)O. The maximum Gasteiger partial charge on any atom is 0.406 e. The van der Waals surface area contributed by atoms with Crippen LogP contribution in [0.5, 0.6) is 0 Å². The predicted octanol–water partition coefficient (Wildman–Crippen LogP) is 2.30. The van der Waals surface area contributed by atoms with Gasteiger partial charge in [-0.05, 0) is 19.3 Å². The number of amides is 1. The van der Waals surface area contributed by atoms with Crippen molar-refractivity contribution in [2.45, 2.75) is 39.3 Å². The highest BCUT2D eigenvalue weighted by Gasteiger charge is 2.33. The van der Waals surface area contributed by atoms with Gasteiger partial charge in [0, 0.05) is 32.6 Å². The first-order chi connectivity index (χ1) is 9.65. The Bertz CT molecular complexity index is 334. The largest absolute Gasteiger partial charge is 0.481 e. The average Bonchev–Trinajstić information content (AvgIpc) is 2.30. The molecule has 0 saturated carbocycles. The fourth-order valence-corrected chi connectivity index (χ4v) is 1.81. The van der Waals surface area contributed by atoms with Crippen molar-refractivity contribution in [3.8, 4) is 0 Å². The van der Waals surface area contributed by atoms with E-state index >= 15 is 0 Å². The molecule has 0 bridgehead atoms. The number of halogens is 3. The van der Waals surface area contributed by atoms with E-state index in [1.54, 1.807) is 6.92 Å². The van der Waals surface area contributed by atoms with Crippen LogP contribution in [0.25, 0.3) is 0 Å². The monoisotopic (exact) mass is 313 g/mol. The molecule has 5 nitrogen and oxygen atoms in total. The van der Waals surface area contributed by atoms with E-state index in [-0.39, 0.29) is 26.0 Å². The highest BCUT2D eigenvalue weighted by atomic mass is 19.4. The van der Waals surface area contributed by atoms with E-state index in [0.29, 0.717) is 13.0 Å². The van der Waals surface area contributed by atoms with E-state index < -0.39 is 30.5 Å². The number of ether oxygens (including phenoxy) is 1. The summed E-state index contributed by atoms with van der Waals surface area (Å²) in [5.74, 6) is -2.26. The molecule has 0 aromatic rings. The summed E-state index contributed by atoms with van der Waals surface area (Å²) >= 11 is 0. The smallest absolute Gasteiger partial charge is 0.406 e. The zero-order valence-electron chi connectivity index (χ0n) is 12.3. The Kier molecular flexibility index (Phi) is 9.00. The molecule has 1 amide bonds. The number of carbonyl (C=O) groups excluding carboxylic acids is 1. The van der Waals surface area contributed by atoms with E-state index in [9.17, 15) is 22.8 Å². The summed E-state index contributed by atoms with van der Waals surface area (Å²) in [4.78, 5) is 23.1. The number of alkyl halides is 3. The maximum absolute atomic E-state index is 12.5. The van der Waals surface area contributed by atoms with Gasteiger partial charge in [-0.1, -0.05) is 6.92 Å². The van der Waals surface area contributed by atoms with Gasteiger partial charge in [0.1, 0.15) is 6.54 Å². The highest BCUT2D eigenvalue weighted by molar-refractivity contribution is 5.77. The van der Waals surface area contributed by atoms with Crippen molar-refractivity contribution in [1.82, 2.24) is 4.90 Å². The van der Waals surface area contributed by atoms with Gasteiger partial charge in [-0.15, -0.1) is 0 Å². The fraction of sp³-hybridized carbons (Fsp3) is 0.846. The number of carboxylic acids is 1. The lowest BCUT2D eigenvalue weighted by Gasteiger charge is -2.25. The number of hydrogen-bond acceptors (Lipinski definition) is 3. The quantitative estimate of drug-likeness (QED) is 0.629. The van der Waals surface area contributed by atoms with E-state index in [0.717, 1.165) is 4.90 Å². The second-order valence-electron chi connectivity index (χ2n) is 4.89. The lowest BCUT2D eigenvalue weighted by Crippen LogP contribution is -2.40. The Morgan fingerprint density at radius 1 is 1.29 bits per heavy atom. The first-order valence-corrected chi connectivity index (χ1v) is 6.79. The van der Waals surface area contributed by atoms with Crippen molar-refractivity contribution in [3.05, 3.63) is 0 Å².